The highest BCUT2D eigenvalue weighted by atomic mass is 35.5. The molecule has 0 bridgehead atoms. The minimum Gasteiger partial charge on any atom is -0.370 e. The van der Waals surface area contributed by atoms with E-state index in [2.05, 4.69) is 10.6 Å². The van der Waals surface area contributed by atoms with Crippen LogP contribution >= 0.6 is 11.6 Å². The van der Waals surface area contributed by atoms with Crippen LogP contribution in [0.1, 0.15) is 37.8 Å². The second kappa shape index (κ2) is 9.04. The number of nitrogens with one attached hydrogen (secondary N) is 2. The Balaban J connectivity index is 2.57. The van der Waals surface area contributed by atoms with E-state index in [0.29, 0.717) is 18.0 Å². The quantitative estimate of drug-likeness (QED) is 0.628. The summed E-state index contributed by atoms with van der Waals surface area (Å²) in [5.74, 6) is -0.828. The first kappa shape index (κ1) is 18.0. The summed E-state index contributed by atoms with van der Waals surface area (Å²) in [7, 11) is 0. The van der Waals surface area contributed by atoms with Crippen molar-refractivity contribution in [3.8, 4) is 0 Å². The third-order valence-corrected chi connectivity index (χ3v) is 3.21. The van der Waals surface area contributed by atoms with Crippen molar-refractivity contribution in [2.45, 2.75) is 32.2 Å². The van der Waals surface area contributed by atoms with Gasteiger partial charge in [-0.25, -0.2) is 0 Å². The molecule has 4 N–H and O–H groups in total. The molecule has 1 rings (SSSR count). The Kier molecular flexibility index (Phi) is 7.39. The standard InChI is InChI=1S/C15H20ClN3O3/c1-10(20)19-13(11-4-6-12(16)7-5-11)9-15(22)18-8-2-3-14(17)21/h4-7,13H,2-3,8-9H2,1H3,(H2,17,21)(H,18,22)(H,19,20)/t13-/m0/s1. The monoisotopic (exact) mass is 325 g/mol. The van der Waals surface area contributed by atoms with Crippen LogP contribution in [0.4, 0.5) is 0 Å². The molecule has 0 aliphatic rings. The number of rotatable bonds is 8. The molecule has 1 aromatic rings. The smallest absolute Gasteiger partial charge is 0.222 e. The molecular formula is C15H20ClN3O3. The summed E-state index contributed by atoms with van der Waals surface area (Å²) < 4.78 is 0. The minimum atomic E-state index is -0.425. The Bertz CT molecular complexity index is 531. The molecule has 0 aromatic heterocycles. The molecule has 0 fully saturated rings. The summed E-state index contributed by atoms with van der Waals surface area (Å²) in [5.41, 5.74) is 5.82. The third-order valence-electron chi connectivity index (χ3n) is 2.96. The molecule has 0 saturated carbocycles. The van der Waals surface area contributed by atoms with Crippen LogP contribution in [0.5, 0.6) is 0 Å². The number of hydrogen-bond acceptors (Lipinski definition) is 3. The van der Waals surface area contributed by atoms with Gasteiger partial charge in [-0.05, 0) is 24.1 Å². The van der Waals surface area contributed by atoms with Crippen molar-refractivity contribution in [3.05, 3.63) is 34.9 Å². The number of carbonyl (C=O) groups excluding carboxylic acids is 3. The second-order valence-electron chi connectivity index (χ2n) is 4.93. The zero-order valence-corrected chi connectivity index (χ0v) is 13.2. The van der Waals surface area contributed by atoms with Gasteiger partial charge < -0.3 is 16.4 Å². The van der Waals surface area contributed by atoms with Crippen LogP contribution in [0.15, 0.2) is 24.3 Å². The van der Waals surface area contributed by atoms with E-state index in [0.717, 1.165) is 5.56 Å². The minimum absolute atomic E-state index is 0.109. The molecule has 1 aromatic carbocycles. The number of hydrogen-bond donors (Lipinski definition) is 3. The Morgan fingerprint density at radius 2 is 1.86 bits per heavy atom. The van der Waals surface area contributed by atoms with Crippen LogP contribution in [0.25, 0.3) is 0 Å². The molecule has 3 amide bonds. The predicted molar refractivity (Wildman–Crippen MR) is 84.1 cm³/mol. The maximum absolute atomic E-state index is 11.9. The van der Waals surface area contributed by atoms with Gasteiger partial charge in [0.25, 0.3) is 0 Å². The number of amides is 3. The summed E-state index contributed by atoms with van der Waals surface area (Å²) in [4.78, 5) is 33.8. The highest BCUT2D eigenvalue weighted by molar-refractivity contribution is 6.30. The number of primary amides is 1. The molecule has 0 radical (unpaired) electrons. The largest absolute Gasteiger partial charge is 0.370 e. The van der Waals surface area contributed by atoms with Gasteiger partial charge in [-0.1, -0.05) is 23.7 Å². The zero-order valence-electron chi connectivity index (χ0n) is 12.4. The molecule has 7 heteroatoms. The molecule has 0 spiro atoms. The summed E-state index contributed by atoms with van der Waals surface area (Å²) >= 11 is 5.83. The van der Waals surface area contributed by atoms with Crippen LogP contribution in [0.2, 0.25) is 5.02 Å². The number of nitrogens with two attached hydrogens (primary N) is 1. The van der Waals surface area contributed by atoms with E-state index in [1.165, 1.54) is 6.92 Å². The Morgan fingerprint density at radius 1 is 1.23 bits per heavy atom. The first-order valence-corrected chi connectivity index (χ1v) is 7.34. The Labute approximate surface area is 134 Å². The number of halogens is 1. The lowest BCUT2D eigenvalue weighted by molar-refractivity contribution is -0.123. The molecule has 0 heterocycles. The molecular weight excluding hydrogens is 306 g/mol. The number of benzene rings is 1. The van der Waals surface area contributed by atoms with Crippen molar-refractivity contribution < 1.29 is 14.4 Å². The van der Waals surface area contributed by atoms with Gasteiger partial charge in [0.1, 0.15) is 0 Å². The first-order chi connectivity index (χ1) is 10.4. The van der Waals surface area contributed by atoms with Crippen molar-refractivity contribution in [3.63, 3.8) is 0 Å². The van der Waals surface area contributed by atoms with E-state index >= 15 is 0 Å². The molecule has 0 aliphatic heterocycles. The molecule has 0 saturated heterocycles. The van der Waals surface area contributed by atoms with Gasteiger partial charge in [0.2, 0.25) is 17.7 Å². The average molecular weight is 326 g/mol. The molecule has 1 atom stereocenters. The van der Waals surface area contributed by atoms with Gasteiger partial charge in [-0.15, -0.1) is 0 Å². The van der Waals surface area contributed by atoms with Gasteiger partial charge in [-0.3, -0.25) is 14.4 Å². The number of carbonyl (C=O) groups is 3. The first-order valence-electron chi connectivity index (χ1n) is 6.96. The van der Waals surface area contributed by atoms with E-state index in [-0.39, 0.29) is 24.7 Å². The molecule has 22 heavy (non-hydrogen) atoms. The van der Waals surface area contributed by atoms with Crippen molar-refractivity contribution in [1.29, 1.82) is 0 Å². The maximum atomic E-state index is 11.9. The van der Waals surface area contributed by atoms with Crippen molar-refractivity contribution in [2.75, 3.05) is 6.54 Å². The predicted octanol–water partition coefficient (Wildman–Crippen LogP) is 1.29. The average Bonchev–Trinajstić information content (AvgIpc) is 2.43. The fourth-order valence-electron chi connectivity index (χ4n) is 1.94. The summed E-state index contributed by atoms with van der Waals surface area (Å²) in [5, 5.41) is 6.02. The van der Waals surface area contributed by atoms with Crippen LogP contribution < -0.4 is 16.4 Å². The van der Waals surface area contributed by atoms with Gasteiger partial charge in [-0.2, -0.15) is 0 Å². The lowest BCUT2D eigenvalue weighted by atomic mass is 10.0. The van der Waals surface area contributed by atoms with Crippen LogP contribution in [0.3, 0.4) is 0 Å². The van der Waals surface area contributed by atoms with Crippen molar-refractivity contribution >= 4 is 29.3 Å². The van der Waals surface area contributed by atoms with Gasteiger partial charge >= 0.3 is 0 Å². The topological polar surface area (TPSA) is 101 Å². The fraction of sp³-hybridized carbons (Fsp3) is 0.400. The van der Waals surface area contributed by atoms with Crippen LogP contribution in [-0.4, -0.2) is 24.3 Å². The summed E-state index contributed by atoms with van der Waals surface area (Å²) in [6.45, 7) is 1.77. The molecule has 0 unspecified atom stereocenters. The lowest BCUT2D eigenvalue weighted by Gasteiger charge is -2.18. The van der Waals surface area contributed by atoms with Crippen LogP contribution in [-0.2, 0) is 14.4 Å². The van der Waals surface area contributed by atoms with Crippen molar-refractivity contribution in [2.24, 2.45) is 5.73 Å². The fourth-order valence-corrected chi connectivity index (χ4v) is 2.07. The molecule has 6 nitrogen and oxygen atoms in total. The second-order valence-corrected chi connectivity index (χ2v) is 5.37. The van der Waals surface area contributed by atoms with Gasteiger partial charge in [0.05, 0.1) is 12.5 Å². The Morgan fingerprint density at radius 3 is 2.41 bits per heavy atom. The summed E-state index contributed by atoms with van der Waals surface area (Å²) in [6.07, 6.45) is 0.831. The maximum Gasteiger partial charge on any atom is 0.222 e. The van der Waals surface area contributed by atoms with Crippen molar-refractivity contribution in [1.82, 2.24) is 10.6 Å². The summed E-state index contributed by atoms with van der Waals surface area (Å²) in [6, 6.07) is 6.52. The third kappa shape index (κ3) is 7.08. The Hall–Kier alpha value is -2.08. The zero-order chi connectivity index (χ0) is 16.5. The van der Waals surface area contributed by atoms with E-state index < -0.39 is 11.9 Å². The van der Waals surface area contributed by atoms with Gasteiger partial charge in [0, 0.05) is 24.9 Å². The van der Waals surface area contributed by atoms with Crippen LogP contribution in [0, 0.1) is 0 Å². The van der Waals surface area contributed by atoms with E-state index in [1.807, 2.05) is 0 Å². The molecule has 0 aliphatic carbocycles. The normalized spacial score (nSPS) is 11.5. The van der Waals surface area contributed by atoms with E-state index in [9.17, 15) is 14.4 Å². The highest BCUT2D eigenvalue weighted by Crippen LogP contribution is 2.19. The van der Waals surface area contributed by atoms with E-state index in [1.54, 1.807) is 24.3 Å². The lowest BCUT2D eigenvalue weighted by Crippen LogP contribution is -2.33. The highest BCUT2D eigenvalue weighted by Gasteiger charge is 2.16. The SMILES string of the molecule is CC(=O)N[C@@H](CC(=O)NCCCC(N)=O)c1ccc(Cl)cc1. The van der Waals surface area contributed by atoms with Gasteiger partial charge in [0.15, 0.2) is 0 Å². The van der Waals surface area contributed by atoms with E-state index in [4.69, 9.17) is 17.3 Å². The molecule has 120 valence electrons.